The quantitative estimate of drug-likeness (QED) is 0.868. The first-order chi connectivity index (χ1) is 9.56. The molecule has 1 amide bonds. The molecule has 0 aliphatic carbocycles. The van der Waals surface area contributed by atoms with Crippen LogP contribution in [0.1, 0.15) is 10.6 Å². The number of benzene rings is 1. The number of hydrogen-bond donors (Lipinski definition) is 1. The van der Waals surface area contributed by atoms with Crippen LogP contribution in [-0.2, 0) is 9.53 Å². The Morgan fingerprint density at radius 2 is 2.00 bits per heavy atom. The summed E-state index contributed by atoms with van der Waals surface area (Å²) < 4.78 is 23.3. The molecule has 1 N–H and O–H groups in total. The second-order valence-electron chi connectivity index (χ2n) is 3.71. The van der Waals surface area contributed by atoms with Crippen LogP contribution in [0.3, 0.4) is 0 Å². The maximum Gasteiger partial charge on any atom is 0.374 e. The first-order valence-corrected chi connectivity index (χ1v) is 6.32. The fourth-order valence-electron chi connectivity index (χ4n) is 1.38. The summed E-state index contributed by atoms with van der Waals surface area (Å²) in [7, 11) is 0. The average Bonchev–Trinajstić information content (AvgIpc) is 2.85. The third kappa shape index (κ3) is 3.67. The van der Waals surface area contributed by atoms with E-state index in [9.17, 15) is 14.0 Å². The van der Waals surface area contributed by atoms with E-state index in [2.05, 4.69) is 21.2 Å². The Kier molecular flexibility index (Phi) is 4.52. The van der Waals surface area contributed by atoms with Crippen LogP contribution in [0.5, 0.6) is 0 Å². The number of ether oxygens (including phenoxy) is 1. The third-order valence-electron chi connectivity index (χ3n) is 2.26. The maximum atomic E-state index is 13.3. The Bertz CT molecular complexity index is 641. The lowest BCUT2D eigenvalue weighted by atomic mass is 10.3. The van der Waals surface area contributed by atoms with E-state index in [1.165, 1.54) is 30.3 Å². The lowest BCUT2D eigenvalue weighted by molar-refractivity contribution is -0.119. The number of carbonyl (C=O) groups excluding carboxylic acids is 2. The van der Waals surface area contributed by atoms with Crippen molar-refractivity contribution >= 4 is 33.5 Å². The van der Waals surface area contributed by atoms with E-state index in [1.54, 1.807) is 6.07 Å². The number of carbonyl (C=O) groups is 2. The van der Waals surface area contributed by atoms with Crippen LogP contribution in [0, 0.1) is 5.82 Å². The molecular formula is C13H9BrFNO4. The summed E-state index contributed by atoms with van der Waals surface area (Å²) in [5, 5.41) is 2.29. The van der Waals surface area contributed by atoms with Crippen molar-refractivity contribution in [1.29, 1.82) is 0 Å². The summed E-state index contributed by atoms with van der Waals surface area (Å²) in [6.07, 6.45) is 0. The van der Waals surface area contributed by atoms with Gasteiger partial charge < -0.3 is 14.5 Å². The van der Waals surface area contributed by atoms with Gasteiger partial charge >= 0.3 is 5.97 Å². The summed E-state index contributed by atoms with van der Waals surface area (Å²) in [5.74, 6) is -2.02. The average molecular weight is 342 g/mol. The normalized spacial score (nSPS) is 10.1. The number of amides is 1. The number of esters is 1. The zero-order chi connectivity index (χ0) is 14.5. The van der Waals surface area contributed by atoms with Crippen LogP contribution in [0.4, 0.5) is 10.1 Å². The highest BCUT2D eigenvalue weighted by Gasteiger charge is 2.14. The van der Waals surface area contributed by atoms with Crippen LogP contribution >= 0.6 is 15.9 Å². The molecule has 0 spiro atoms. The molecule has 0 atom stereocenters. The molecule has 1 aromatic heterocycles. The van der Waals surface area contributed by atoms with E-state index in [4.69, 9.17) is 9.15 Å². The summed E-state index contributed by atoms with van der Waals surface area (Å²) in [6.45, 7) is -0.536. The van der Waals surface area contributed by atoms with Gasteiger partial charge in [-0.1, -0.05) is 12.1 Å². The van der Waals surface area contributed by atoms with Crippen molar-refractivity contribution in [1.82, 2.24) is 0 Å². The molecule has 7 heteroatoms. The molecule has 0 bridgehead atoms. The number of halogens is 2. The lowest BCUT2D eigenvalue weighted by Gasteiger charge is -2.06. The number of hydrogen-bond acceptors (Lipinski definition) is 4. The number of rotatable bonds is 4. The number of nitrogens with one attached hydrogen (secondary N) is 1. The van der Waals surface area contributed by atoms with Gasteiger partial charge in [-0.3, -0.25) is 4.79 Å². The van der Waals surface area contributed by atoms with Crippen molar-refractivity contribution in [3.05, 3.63) is 52.6 Å². The molecule has 0 saturated carbocycles. The van der Waals surface area contributed by atoms with Crippen molar-refractivity contribution in [2.75, 3.05) is 11.9 Å². The summed E-state index contributed by atoms with van der Waals surface area (Å²) >= 11 is 3.04. The van der Waals surface area contributed by atoms with Crippen LogP contribution in [0.15, 0.2) is 45.5 Å². The predicted molar refractivity (Wildman–Crippen MR) is 71.7 cm³/mol. The lowest BCUT2D eigenvalue weighted by Crippen LogP contribution is -2.21. The summed E-state index contributed by atoms with van der Waals surface area (Å²) in [5.41, 5.74) is 0.0225. The fourth-order valence-corrected chi connectivity index (χ4v) is 1.68. The monoisotopic (exact) mass is 341 g/mol. The molecule has 0 aliphatic rings. The minimum Gasteiger partial charge on any atom is -0.450 e. The smallest absolute Gasteiger partial charge is 0.374 e. The van der Waals surface area contributed by atoms with Gasteiger partial charge in [-0.15, -0.1) is 0 Å². The molecule has 104 valence electrons. The highest BCUT2D eigenvalue weighted by Crippen LogP contribution is 2.15. The van der Waals surface area contributed by atoms with Gasteiger partial charge in [0, 0.05) is 0 Å². The summed E-state index contributed by atoms with van der Waals surface area (Å²) in [6, 6.07) is 8.61. The Morgan fingerprint density at radius 3 is 2.65 bits per heavy atom. The molecule has 0 unspecified atom stereocenters. The van der Waals surface area contributed by atoms with Crippen LogP contribution in [-0.4, -0.2) is 18.5 Å². The minimum atomic E-state index is -0.778. The molecule has 5 nitrogen and oxygen atoms in total. The number of furan rings is 1. The Labute approximate surface area is 121 Å². The first kappa shape index (κ1) is 14.3. The SMILES string of the molecule is O=C(COC(=O)c1ccc(Br)o1)Nc1ccccc1F. The van der Waals surface area contributed by atoms with E-state index in [0.717, 1.165) is 0 Å². The molecule has 20 heavy (non-hydrogen) atoms. The van der Waals surface area contributed by atoms with Gasteiger partial charge in [-0.2, -0.15) is 0 Å². The van der Waals surface area contributed by atoms with Crippen LogP contribution in [0.2, 0.25) is 0 Å². The highest BCUT2D eigenvalue weighted by atomic mass is 79.9. The molecule has 0 aliphatic heterocycles. The Balaban J connectivity index is 1.87. The van der Waals surface area contributed by atoms with Gasteiger partial charge in [0.25, 0.3) is 5.91 Å². The van der Waals surface area contributed by atoms with Gasteiger partial charge in [0.05, 0.1) is 5.69 Å². The van der Waals surface area contributed by atoms with Crippen molar-refractivity contribution in [3.8, 4) is 0 Å². The Hall–Kier alpha value is -2.15. The van der Waals surface area contributed by atoms with E-state index in [-0.39, 0.29) is 11.4 Å². The van der Waals surface area contributed by atoms with Gasteiger partial charge in [-0.05, 0) is 40.2 Å². The molecule has 1 aromatic carbocycles. The topological polar surface area (TPSA) is 68.5 Å². The van der Waals surface area contributed by atoms with Gasteiger partial charge in [-0.25, -0.2) is 9.18 Å². The second-order valence-corrected chi connectivity index (χ2v) is 4.49. The first-order valence-electron chi connectivity index (χ1n) is 5.53. The van der Waals surface area contributed by atoms with Gasteiger partial charge in [0.1, 0.15) is 5.82 Å². The van der Waals surface area contributed by atoms with E-state index in [1.807, 2.05) is 0 Å². The standard InChI is InChI=1S/C13H9BrFNO4/c14-11-6-5-10(20-11)13(18)19-7-12(17)16-9-4-2-1-3-8(9)15/h1-6H,7H2,(H,16,17). The number of para-hydroxylation sites is 1. The second kappa shape index (κ2) is 6.33. The van der Waals surface area contributed by atoms with Crippen LogP contribution in [0.25, 0.3) is 0 Å². The van der Waals surface area contributed by atoms with E-state index in [0.29, 0.717) is 4.67 Å². The maximum absolute atomic E-state index is 13.3. The van der Waals surface area contributed by atoms with Crippen molar-refractivity contribution < 1.29 is 23.1 Å². The van der Waals surface area contributed by atoms with E-state index >= 15 is 0 Å². The molecule has 0 fully saturated rings. The third-order valence-corrected chi connectivity index (χ3v) is 2.68. The number of anilines is 1. The predicted octanol–water partition coefficient (Wildman–Crippen LogP) is 2.98. The summed E-state index contributed by atoms with van der Waals surface area (Å²) in [4.78, 5) is 23.0. The van der Waals surface area contributed by atoms with E-state index < -0.39 is 24.3 Å². The van der Waals surface area contributed by atoms with Gasteiger partial charge in [0.15, 0.2) is 11.3 Å². The molecule has 0 saturated heterocycles. The zero-order valence-electron chi connectivity index (χ0n) is 10.1. The molecule has 2 rings (SSSR count). The van der Waals surface area contributed by atoms with Crippen LogP contribution < -0.4 is 5.32 Å². The van der Waals surface area contributed by atoms with Crippen molar-refractivity contribution in [2.24, 2.45) is 0 Å². The molecule has 2 aromatic rings. The largest absolute Gasteiger partial charge is 0.450 e. The van der Waals surface area contributed by atoms with Crippen molar-refractivity contribution in [3.63, 3.8) is 0 Å². The molecule has 0 radical (unpaired) electrons. The molecule has 1 heterocycles. The molecular weight excluding hydrogens is 333 g/mol. The fraction of sp³-hybridized carbons (Fsp3) is 0.0769. The van der Waals surface area contributed by atoms with Crippen molar-refractivity contribution in [2.45, 2.75) is 0 Å². The Morgan fingerprint density at radius 1 is 1.25 bits per heavy atom. The highest BCUT2D eigenvalue weighted by molar-refractivity contribution is 9.10. The zero-order valence-corrected chi connectivity index (χ0v) is 11.6. The minimum absolute atomic E-state index is 0.0225. The van der Waals surface area contributed by atoms with Gasteiger partial charge in [0.2, 0.25) is 5.76 Å².